The second kappa shape index (κ2) is 13.1. The Bertz CT molecular complexity index is 1300. The fraction of sp³-hybridized carbons (Fsp3) is 0.292. The number of fused-ring (bicyclic) bond motifs is 1. The highest BCUT2D eigenvalue weighted by molar-refractivity contribution is 6.31. The molecule has 12 nitrogen and oxygen atoms in total. The number of carbonyl (C=O) groups is 2. The molecule has 196 valence electrons. The Hall–Kier alpha value is -4.32. The second-order valence-electron chi connectivity index (χ2n) is 8.09. The minimum absolute atomic E-state index is 0.0546. The lowest BCUT2D eigenvalue weighted by molar-refractivity contribution is 0.0972. The molecule has 0 radical (unpaired) electrons. The first-order chi connectivity index (χ1) is 17.7. The van der Waals surface area contributed by atoms with Gasteiger partial charge in [-0.15, -0.1) is 0 Å². The zero-order valence-corrected chi connectivity index (χ0v) is 20.8. The van der Waals surface area contributed by atoms with E-state index >= 15 is 0 Å². The summed E-state index contributed by atoms with van der Waals surface area (Å²) in [5.74, 6) is -0.208. The molecule has 3 aromatic rings. The molecule has 13 heteroatoms. The molecular formula is C24H29ClN8O4. The summed E-state index contributed by atoms with van der Waals surface area (Å²) >= 11 is 5.79. The van der Waals surface area contributed by atoms with Crippen molar-refractivity contribution in [3.8, 4) is 5.75 Å². The Morgan fingerprint density at radius 2 is 1.78 bits per heavy atom. The number of nitrogens with two attached hydrogens (primary N) is 3. The number of benzene rings is 2. The molecule has 37 heavy (non-hydrogen) atoms. The monoisotopic (exact) mass is 528 g/mol. The number of aryl methyl sites for hydroxylation is 1. The van der Waals surface area contributed by atoms with Gasteiger partial charge >= 0.3 is 6.09 Å². The summed E-state index contributed by atoms with van der Waals surface area (Å²) in [6, 6.07) is 12.1. The topological polar surface area (TPSA) is 204 Å². The molecule has 0 unspecified atom stereocenters. The van der Waals surface area contributed by atoms with Gasteiger partial charge in [-0.05, 0) is 54.2 Å². The molecular weight excluding hydrogens is 500 g/mol. The lowest BCUT2D eigenvalue weighted by Gasteiger charge is -2.09. The first-order valence-corrected chi connectivity index (χ1v) is 11.9. The van der Waals surface area contributed by atoms with Gasteiger partial charge in [-0.3, -0.25) is 15.1 Å². The smallest absolute Gasteiger partial charge is 0.404 e. The van der Waals surface area contributed by atoms with Crippen LogP contribution in [0.2, 0.25) is 5.15 Å². The van der Waals surface area contributed by atoms with E-state index in [1.807, 2.05) is 24.3 Å². The molecule has 0 saturated heterocycles. The third-order valence-electron chi connectivity index (χ3n) is 5.26. The normalized spacial score (nSPS) is 11.3. The van der Waals surface area contributed by atoms with Crippen molar-refractivity contribution in [1.82, 2.24) is 20.6 Å². The van der Waals surface area contributed by atoms with Crippen molar-refractivity contribution in [1.29, 1.82) is 0 Å². The Labute approximate surface area is 218 Å². The number of carboxylic acid groups (broad SMARTS) is 1. The van der Waals surface area contributed by atoms with E-state index < -0.39 is 12.0 Å². The van der Waals surface area contributed by atoms with Crippen LogP contribution in [0.1, 0.15) is 35.3 Å². The van der Waals surface area contributed by atoms with E-state index in [1.54, 1.807) is 0 Å². The maximum atomic E-state index is 12.3. The van der Waals surface area contributed by atoms with Crippen LogP contribution in [0.25, 0.3) is 10.8 Å². The number of hydrogen-bond acceptors (Lipinski definition) is 8. The van der Waals surface area contributed by atoms with Gasteiger partial charge in [0.05, 0.1) is 6.61 Å². The van der Waals surface area contributed by atoms with Gasteiger partial charge in [-0.2, -0.15) is 0 Å². The average Bonchev–Trinajstić information content (AvgIpc) is 2.85. The van der Waals surface area contributed by atoms with Crippen molar-refractivity contribution >= 4 is 52.0 Å². The van der Waals surface area contributed by atoms with Crippen LogP contribution in [0, 0.1) is 0 Å². The van der Waals surface area contributed by atoms with Gasteiger partial charge in [0.2, 0.25) is 0 Å². The van der Waals surface area contributed by atoms with E-state index in [2.05, 4.69) is 37.7 Å². The number of aliphatic imine (C=N–C) groups is 1. The number of rotatable bonds is 11. The minimum atomic E-state index is -1.04. The fourth-order valence-electron chi connectivity index (χ4n) is 3.44. The number of unbranched alkanes of at least 4 members (excludes halogenated alkanes) is 1. The first-order valence-electron chi connectivity index (χ1n) is 11.5. The summed E-state index contributed by atoms with van der Waals surface area (Å²) < 4.78 is 5.70. The molecule has 0 aliphatic rings. The number of hydrogen-bond donors (Lipinski definition) is 6. The van der Waals surface area contributed by atoms with Crippen molar-refractivity contribution in [2.24, 2.45) is 10.7 Å². The van der Waals surface area contributed by atoms with E-state index in [9.17, 15) is 9.59 Å². The quantitative estimate of drug-likeness (QED) is 0.123. The third kappa shape index (κ3) is 8.39. The van der Waals surface area contributed by atoms with Crippen molar-refractivity contribution in [3.63, 3.8) is 0 Å². The number of anilines is 2. The number of halogens is 1. The standard InChI is InChI=1S/C24H29ClN8O4/c25-19-21(27)32-20(26)18(31-19)22(34)33-23(28)29-9-2-1-4-14-5-6-16-13-17(8-7-15(16)12-14)37-11-3-10-30-24(35)36/h5-8,12-13,30H,1-4,9-11H2,(H,35,36)(H4,26,27,32)(H3,28,29,33,34). The van der Waals surface area contributed by atoms with Crippen molar-refractivity contribution in [3.05, 3.63) is 52.8 Å². The molecule has 1 heterocycles. The highest BCUT2D eigenvalue weighted by atomic mass is 35.5. The van der Waals surface area contributed by atoms with Crippen molar-refractivity contribution in [2.75, 3.05) is 31.2 Å². The zero-order valence-electron chi connectivity index (χ0n) is 20.0. The lowest BCUT2D eigenvalue weighted by Crippen LogP contribution is -2.38. The Balaban J connectivity index is 1.42. The van der Waals surface area contributed by atoms with Crippen LogP contribution in [-0.2, 0) is 6.42 Å². The Morgan fingerprint density at radius 3 is 2.57 bits per heavy atom. The fourth-order valence-corrected chi connectivity index (χ4v) is 3.57. The van der Waals surface area contributed by atoms with Crippen LogP contribution in [0.4, 0.5) is 16.4 Å². The second-order valence-corrected chi connectivity index (χ2v) is 8.45. The number of aromatic nitrogens is 2. The largest absolute Gasteiger partial charge is 0.494 e. The predicted molar refractivity (Wildman–Crippen MR) is 143 cm³/mol. The van der Waals surface area contributed by atoms with Crippen LogP contribution < -0.4 is 32.6 Å². The molecule has 0 bridgehead atoms. The third-order valence-corrected chi connectivity index (χ3v) is 5.54. The van der Waals surface area contributed by atoms with Gasteiger partial charge < -0.3 is 32.4 Å². The molecule has 2 amide bonds. The summed E-state index contributed by atoms with van der Waals surface area (Å²) in [4.78, 5) is 34.5. The van der Waals surface area contributed by atoms with Crippen LogP contribution in [0.15, 0.2) is 41.4 Å². The van der Waals surface area contributed by atoms with Crippen LogP contribution in [-0.4, -0.2) is 52.7 Å². The molecule has 0 saturated carbocycles. The molecule has 1 aromatic heterocycles. The van der Waals surface area contributed by atoms with Crippen molar-refractivity contribution in [2.45, 2.75) is 25.7 Å². The molecule has 0 aliphatic carbocycles. The van der Waals surface area contributed by atoms with Gasteiger partial charge in [0.1, 0.15) is 5.75 Å². The molecule has 2 aromatic carbocycles. The number of ether oxygens (including phenoxy) is 1. The number of nitrogens with one attached hydrogen (secondary N) is 2. The Morgan fingerprint density at radius 1 is 1.03 bits per heavy atom. The van der Waals surface area contributed by atoms with Gasteiger partial charge in [-0.1, -0.05) is 35.9 Å². The van der Waals surface area contributed by atoms with Crippen LogP contribution in [0.3, 0.4) is 0 Å². The summed E-state index contributed by atoms with van der Waals surface area (Å²) in [5.41, 5.74) is 18.0. The number of guanidine groups is 1. The number of nitrogens with zero attached hydrogens (tertiary/aromatic N) is 3. The van der Waals surface area contributed by atoms with E-state index in [-0.39, 0.29) is 28.4 Å². The average molecular weight is 529 g/mol. The van der Waals surface area contributed by atoms with Gasteiger partial charge in [0, 0.05) is 13.1 Å². The molecule has 0 aliphatic heterocycles. The predicted octanol–water partition coefficient (Wildman–Crippen LogP) is 2.55. The van der Waals surface area contributed by atoms with Gasteiger partial charge in [-0.25, -0.2) is 14.8 Å². The molecule has 0 fully saturated rings. The minimum Gasteiger partial charge on any atom is -0.494 e. The van der Waals surface area contributed by atoms with E-state index in [0.29, 0.717) is 26.1 Å². The molecule has 9 N–H and O–H groups in total. The van der Waals surface area contributed by atoms with Crippen molar-refractivity contribution < 1.29 is 19.4 Å². The maximum Gasteiger partial charge on any atom is 0.404 e. The summed E-state index contributed by atoms with van der Waals surface area (Å²) in [5, 5.41) is 15.3. The van der Waals surface area contributed by atoms with Crippen LogP contribution in [0.5, 0.6) is 5.75 Å². The highest BCUT2D eigenvalue weighted by Crippen LogP contribution is 2.23. The van der Waals surface area contributed by atoms with E-state index in [1.165, 1.54) is 5.56 Å². The van der Waals surface area contributed by atoms with Crippen LogP contribution >= 0.6 is 11.6 Å². The van der Waals surface area contributed by atoms with Gasteiger partial charge in [0.15, 0.2) is 28.4 Å². The lowest BCUT2D eigenvalue weighted by atomic mass is 10.0. The summed E-state index contributed by atoms with van der Waals surface area (Å²) in [7, 11) is 0. The highest BCUT2D eigenvalue weighted by Gasteiger charge is 2.16. The zero-order chi connectivity index (χ0) is 26.8. The molecule has 3 rings (SSSR count). The number of amides is 2. The van der Waals surface area contributed by atoms with Gasteiger partial charge in [0.25, 0.3) is 5.91 Å². The van der Waals surface area contributed by atoms with E-state index in [4.69, 9.17) is 38.6 Å². The summed E-state index contributed by atoms with van der Waals surface area (Å²) in [6.45, 7) is 1.21. The Kier molecular flexibility index (Phi) is 9.67. The SMILES string of the molecule is NC(=NCCCCc1ccc2cc(OCCCNC(=O)O)ccc2c1)NC(=O)c1nc(Cl)c(N)nc1N. The summed E-state index contributed by atoms with van der Waals surface area (Å²) in [6.07, 6.45) is 2.07. The number of nitrogen functional groups attached to an aromatic ring is 2. The maximum absolute atomic E-state index is 12.3. The molecule has 0 atom stereocenters. The molecule has 0 spiro atoms. The van der Waals surface area contributed by atoms with E-state index in [0.717, 1.165) is 35.8 Å². The first kappa shape index (κ1) is 27.3. The number of carbonyl (C=O) groups excluding carboxylic acids is 1.